The molecular formula is C24H19F3N4O4. The summed E-state index contributed by atoms with van der Waals surface area (Å²) in [7, 11) is 0. The van der Waals surface area contributed by atoms with E-state index in [2.05, 4.69) is 5.32 Å². The average Bonchev–Trinajstić information content (AvgIpc) is 3.18. The molecule has 3 aromatic rings. The Morgan fingerprint density at radius 1 is 1.11 bits per heavy atom. The molecule has 11 heteroatoms. The first-order valence-electron chi connectivity index (χ1n) is 10.8. The van der Waals surface area contributed by atoms with Crippen molar-refractivity contribution in [2.45, 2.75) is 26.2 Å². The van der Waals surface area contributed by atoms with Crippen molar-refractivity contribution in [3.8, 4) is 5.75 Å². The lowest BCUT2D eigenvalue weighted by atomic mass is 10.1. The highest BCUT2D eigenvalue weighted by molar-refractivity contribution is 5.99. The minimum absolute atomic E-state index is 0.00659. The van der Waals surface area contributed by atoms with Crippen LogP contribution in [0.4, 0.5) is 13.2 Å². The van der Waals surface area contributed by atoms with E-state index in [-0.39, 0.29) is 30.9 Å². The molecule has 0 aliphatic carbocycles. The number of fused-ring (bicyclic) bond motifs is 5. The second-order valence-corrected chi connectivity index (χ2v) is 8.24. The fourth-order valence-electron chi connectivity index (χ4n) is 4.56. The number of carbonyl (C=O) groups excluding carboxylic acids is 2. The molecule has 3 heterocycles. The minimum atomic E-state index is -1.07. The molecule has 0 spiro atoms. The molecule has 8 nitrogen and oxygen atoms in total. The number of rotatable bonds is 4. The molecule has 2 aliphatic heterocycles. The molecule has 0 saturated carbocycles. The number of amides is 2. The molecule has 2 amide bonds. The molecule has 5 rings (SSSR count). The van der Waals surface area contributed by atoms with Gasteiger partial charge in [-0.25, -0.2) is 13.2 Å². The summed E-state index contributed by atoms with van der Waals surface area (Å²) in [5, 5.41) is 14.7. The summed E-state index contributed by atoms with van der Waals surface area (Å²) >= 11 is 0. The van der Waals surface area contributed by atoms with Gasteiger partial charge in [-0.2, -0.15) is 0 Å². The second kappa shape index (κ2) is 8.19. The number of nitrogens with zero attached hydrogens (tertiary/aromatic N) is 3. The number of nitrogens with one attached hydrogen (secondary N) is 1. The van der Waals surface area contributed by atoms with Gasteiger partial charge in [0.15, 0.2) is 11.4 Å². The summed E-state index contributed by atoms with van der Waals surface area (Å²) in [4.78, 5) is 40.3. The van der Waals surface area contributed by atoms with Gasteiger partial charge < -0.3 is 15.3 Å². The van der Waals surface area contributed by atoms with E-state index in [9.17, 15) is 32.7 Å². The van der Waals surface area contributed by atoms with Crippen LogP contribution in [0.5, 0.6) is 5.75 Å². The monoisotopic (exact) mass is 484 g/mol. The smallest absolute Gasteiger partial charge is 0.278 e. The van der Waals surface area contributed by atoms with E-state index >= 15 is 0 Å². The van der Waals surface area contributed by atoms with Gasteiger partial charge in [0, 0.05) is 36.5 Å². The van der Waals surface area contributed by atoms with Gasteiger partial charge in [0.1, 0.15) is 29.2 Å². The third-order valence-electron chi connectivity index (χ3n) is 6.24. The van der Waals surface area contributed by atoms with Crippen LogP contribution in [-0.2, 0) is 13.1 Å². The van der Waals surface area contributed by atoms with Crippen molar-refractivity contribution in [1.82, 2.24) is 14.9 Å². The lowest BCUT2D eigenvalue weighted by Gasteiger charge is -2.43. The number of pyridine rings is 1. The Balaban J connectivity index is 1.55. The van der Waals surface area contributed by atoms with Gasteiger partial charge in [0.05, 0.1) is 6.54 Å². The molecule has 0 radical (unpaired) electrons. The summed E-state index contributed by atoms with van der Waals surface area (Å²) in [6.07, 6.45) is 0.496. The normalized spacial score (nSPS) is 16.1. The highest BCUT2D eigenvalue weighted by atomic mass is 19.1. The van der Waals surface area contributed by atoms with Crippen molar-refractivity contribution >= 4 is 11.8 Å². The molecule has 0 saturated heterocycles. The van der Waals surface area contributed by atoms with Gasteiger partial charge >= 0.3 is 0 Å². The van der Waals surface area contributed by atoms with E-state index < -0.39 is 52.2 Å². The first kappa shape index (κ1) is 22.5. The maximum Gasteiger partial charge on any atom is 0.278 e. The Morgan fingerprint density at radius 3 is 2.54 bits per heavy atom. The third-order valence-corrected chi connectivity index (χ3v) is 6.24. The van der Waals surface area contributed by atoms with Crippen LogP contribution in [0, 0.1) is 17.5 Å². The SMILES string of the molecule is CCN1C(=O)c2c(O)c(=O)c(C(=O)NCc3ccc(F)cc3F)cn2N2Cc3cc(F)ccc3[C@@H]12. The highest BCUT2D eigenvalue weighted by Crippen LogP contribution is 2.40. The van der Waals surface area contributed by atoms with E-state index in [4.69, 9.17) is 0 Å². The summed E-state index contributed by atoms with van der Waals surface area (Å²) in [5.74, 6) is -4.55. The summed E-state index contributed by atoms with van der Waals surface area (Å²) in [5.41, 5.74) is -0.574. The fraction of sp³-hybridized carbons (Fsp3) is 0.208. The van der Waals surface area contributed by atoms with Crippen molar-refractivity contribution in [3.05, 3.63) is 98.2 Å². The molecule has 2 aromatic carbocycles. The minimum Gasteiger partial charge on any atom is -0.502 e. The van der Waals surface area contributed by atoms with Crippen LogP contribution in [0.2, 0.25) is 0 Å². The molecule has 2 N–H and O–H groups in total. The van der Waals surface area contributed by atoms with E-state index in [1.54, 1.807) is 18.0 Å². The number of hydrogen-bond donors (Lipinski definition) is 2. The number of aromatic nitrogens is 1. The number of benzene rings is 2. The van der Waals surface area contributed by atoms with Gasteiger partial charge in [0.25, 0.3) is 11.8 Å². The lowest BCUT2D eigenvalue weighted by molar-refractivity contribution is 0.0590. The van der Waals surface area contributed by atoms with Crippen LogP contribution in [0.3, 0.4) is 0 Å². The molecule has 2 aliphatic rings. The van der Waals surface area contributed by atoms with Crippen LogP contribution >= 0.6 is 0 Å². The summed E-state index contributed by atoms with van der Waals surface area (Å²) < 4.78 is 42.1. The van der Waals surface area contributed by atoms with Crippen molar-refractivity contribution < 1.29 is 27.9 Å². The topological polar surface area (TPSA) is 94.9 Å². The Morgan fingerprint density at radius 2 is 1.83 bits per heavy atom. The zero-order chi connectivity index (χ0) is 25.0. The Labute approximate surface area is 196 Å². The third kappa shape index (κ3) is 3.50. The zero-order valence-electron chi connectivity index (χ0n) is 18.4. The predicted octanol–water partition coefficient (Wildman–Crippen LogP) is 2.53. The molecule has 180 valence electrons. The first-order valence-corrected chi connectivity index (χ1v) is 10.8. The quantitative estimate of drug-likeness (QED) is 0.594. The maximum absolute atomic E-state index is 13.9. The van der Waals surface area contributed by atoms with Gasteiger partial charge in [0.2, 0.25) is 5.43 Å². The molecule has 0 unspecified atom stereocenters. The molecule has 35 heavy (non-hydrogen) atoms. The van der Waals surface area contributed by atoms with Gasteiger partial charge in [-0.05, 0) is 30.7 Å². The number of hydrogen-bond acceptors (Lipinski definition) is 5. The van der Waals surface area contributed by atoms with Crippen LogP contribution in [0.15, 0.2) is 47.4 Å². The largest absolute Gasteiger partial charge is 0.502 e. The predicted molar refractivity (Wildman–Crippen MR) is 118 cm³/mol. The Bertz CT molecular complexity index is 1460. The average molecular weight is 484 g/mol. The summed E-state index contributed by atoms with van der Waals surface area (Å²) in [6.45, 7) is 1.79. The second-order valence-electron chi connectivity index (χ2n) is 8.24. The van der Waals surface area contributed by atoms with Crippen molar-refractivity contribution in [3.63, 3.8) is 0 Å². The zero-order valence-corrected chi connectivity index (χ0v) is 18.4. The molecule has 0 fully saturated rings. The van der Waals surface area contributed by atoms with Gasteiger partial charge in [-0.3, -0.25) is 24.1 Å². The van der Waals surface area contributed by atoms with Crippen molar-refractivity contribution in [2.24, 2.45) is 0 Å². The molecular weight excluding hydrogens is 465 g/mol. The highest BCUT2D eigenvalue weighted by Gasteiger charge is 2.44. The van der Waals surface area contributed by atoms with Crippen molar-refractivity contribution in [2.75, 3.05) is 11.6 Å². The van der Waals surface area contributed by atoms with E-state index in [0.717, 1.165) is 18.3 Å². The number of carbonyl (C=O) groups is 2. The first-order chi connectivity index (χ1) is 16.7. The van der Waals surface area contributed by atoms with Crippen LogP contribution < -0.4 is 15.8 Å². The maximum atomic E-state index is 13.9. The van der Waals surface area contributed by atoms with Crippen LogP contribution in [0.1, 0.15) is 50.6 Å². The van der Waals surface area contributed by atoms with E-state index in [0.29, 0.717) is 17.2 Å². The van der Waals surface area contributed by atoms with Crippen molar-refractivity contribution in [1.29, 1.82) is 0 Å². The molecule has 1 aromatic heterocycles. The molecule has 0 bridgehead atoms. The van der Waals surface area contributed by atoms with E-state index in [1.165, 1.54) is 21.7 Å². The number of aromatic hydroxyl groups is 1. The molecule has 1 atom stereocenters. The Hall–Kier alpha value is -4.28. The van der Waals surface area contributed by atoms with E-state index in [1.807, 2.05) is 0 Å². The lowest BCUT2D eigenvalue weighted by Crippen LogP contribution is -2.53. The van der Waals surface area contributed by atoms with Gasteiger partial charge in [-0.15, -0.1) is 0 Å². The Kier molecular flexibility index (Phi) is 5.27. The number of halogens is 3. The standard InChI is InChI=1S/C24H19F3N4O4/c1-2-29-23-16-6-5-14(25)7-13(16)10-31(23)30-11-17(20(32)21(33)19(30)24(29)35)22(34)28-9-12-3-4-15(26)8-18(12)27/h3-8,11,23,33H,2,9-10H2,1H3,(H,28,34)/t23-/m0/s1. The fourth-order valence-corrected chi connectivity index (χ4v) is 4.56. The van der Waals surface area contributed by atoms with Crippen LogP contribution in [-0.4, -0.2) is 33.0 Å². The van der Waals surface area contributed by atoms with Gasteiger partial charge in [-0.1, -0.05) is 12.1 Å². The summed E-state index contributed by atoms with van der Waals surface area (Å²) in [6, 6.07) is 7.06. The van der Waals surface area contributed by atoms with Crippen LogP contribution in [0.25, 0.3) is 0 Å².